The second kappa shape index (κ2) is 6.39. The number of hydrogen-bond donors (Lipinski definition) is 1. The van der Waals surface area contributed by atoms with E-state index in [1.54, 1.807) is 13.2 Å². The maximum absolute atomic E-state index is 8.90. The normalized spacial score (nSPS) is 19.2. The van der Waals surface area contributed by atoms with Gasteiger partial charge in [-0.15, -0.1) is 0 Å². The Labute approximate surface area is 108 Å². The van der Waals surface area contributed by atoms with Crippen LogP contribution in [-0.2, 0) is 11.3 Å². The highest BCUT2D eigenvalue weighted by Gasteiger charge is 2.13. The molecule has 0 aliphatic carbocycles. The van der Waals surface area contributed by atoms with E-state index in [0.29, 0.717) is 24.0 Å². The third-order valence-electron chi connectivity index (χ3n) is 3.12. The minimum Gasteiger partial charge on any atom is -0.495 e. The van der Waals surface area contributed by atoms with Crippen LogP contribution in [0.1, 0.15) is 24.0 Å². The molecule has 2 rings (SSSR count). The number of rotatable bonds is 4. The molecule has 1 saturated heterocycles. The first-order valence-corrected chi connectivity index (χ1v) is 6.23. The second-order valence-corrected chi connectivity index (χ2v) is 4.43. The largest absolute Gasteiger partial charge is 0.495 e. The predicted octanol–water partition coefficient (Wildman–Crippen LogP) is 1.84. The summed E-state index contributed by atoms with van der Waals surface area (Å²) in [5.74, 6) is 0.611. The highest BCUT2D eigenvalue weighted by molar-refractivity contribution is 5.45. The Hall–Kier alpha value is -1.57. The number of benzene rings is 1. The van der Waals surface area contributed by atoms with Crippen molar-refractivity contribution in [2.24, 2.45) is 0 Å². The van der Waals surface area contributed by atoms with Crippen LogP contribution in [-0.4, -0.2) is 26.3 Å². The summed E-state index contributed by atoms with van der Waals surface area (Å²) in [5, 5.41) is 12.2. The average molecular weight is 246 g/mol. The third kappa shape index (κ3) is 3.22. The van der Waals surface area contributed by atoms with Crippen molar-refractivity contribution in [3.05, 3.63) is 29.3 Å². The molecule has 0 bridgehead atoms. The standard InChI is InChI=1S/C14H18N2O2/c1-17-14-7-11(4-5-12(14)8-15)10-18-13-3-2-6-16-9-13/h4-5,7,13,16H,2-3,6,9-10H2,1H3. The van der Waals surface area contributed by atoms with Crippen molar-refractivity contribution in [3.63, 3.8) is 0 Å². The first-order valence-electron chi connectivity index (χ1n) is 6.23. The van der Waals surface area contributed by atoms with Gasteiger partial charge in [0.2, 0.25) is 0 Å². The molecule has 0 amide bonds. The average Bonchev–Trinajstić information content (AvgIpc) is 2.45. The molecule has 1 N–H and O–H groups in total. The van der Waals surface area contributed by atoms with E-state index < -0.39 is 0 Å². The van der Waals surface area contributed by atoms with Crippen LogP contribution < -0.4 is 10.1 Å². The van der Waals surface area contributed by atoms with E-state index in [1.165, 1.54) is 6.42 Å². The van der Waals surface area contributed by atoms with Crippen LogP contribution in [0.5, 0.6) is 5.75 Å². The summed E-state index contributed by atoms with van der Waals surface area (Å²) in [5.41, 5.74) is 1.59. The van der Waals surface area contributed by atoms with Gasteiger partial charge in [0.05, 0.1) is 25.4 Å². The van der Waals surface area contributed by atoms with E-state index in [4.69, 9.17) is 14.7 Å². The van der Waals surface area contributed by atoms with Gasteiger partial charge in [0.25, 0.3) is 0 Å². The van der Waals surface area contributed by atoms with Gasteiger partial charge in [-0.3, -0.25) is 0 Å². The lowest BCUT2D eigenvalue weighted by molar-refractivity contribution is 0.0252. The van der Waals surface area contributed by atoms with Crippen molar-refractivity contribution in [2.75, 3.05) is 20.2 Å². The van der Waals surface area contributed by atoms with Crippen molar-refractivity contribution >= 4 is 0 Å². The Morgan fingerprint density at radius 2 is 2.39 bits per heavy atom. The van der Waals surface area contributed by atoms with Crippen LogP contribution in [0, 0.1) is 11.3 Å². The summed E-state index contributed by atoms with van der Waals surface area (Å²) >= 11 is 0. The minimum absolute atomic E-state index is 0.292. The highest BCUT2D eigenvalue weighted by Crippen LogP contribution is 2.20. The molecule has 96 valence electrons. The molecule has 0 saturated carbocycles. The van der Waals surface area contributed by atoms with Crippen LogP contribution in [0.4, 0.5) is 0 Å². The molecule has 1 aromatic rings. The van der Waals surface area contributed by atoms with Gasteiger partial charge in [0, 0.05) is 6.54 Å². The highest BCUT2D eigenvalue weighted by atomic mass is 16.5. The molecule has 1 heterocycles. The monoisotopic (exact) mass is 246 g/mol. The van der Waals surface area contributed by atoms with Crippen molar-refractivity contribution in [2.45, 2.75) is 25.6 Å². The minimum atomic E-state index is 0.292. The molecule has 4 nitrogen and oxygen atoms in total. The third-order valence-corrected chi connectivity index (χ3v) is 3.12. The van der Waals surface area contributed by atoms with Crippen molar-refractivity contribution in [1.82, 2.24) is 5.32 Å². The molecule has 0 radical (unpaired) electrons. The van der Waals surface area contributed by atoms with E-state index in [2.05, 4.69) is 11.4 Å². The quantitative estimate of drug-likeness (QED) is 0.880. The summed E-state index contributed by atoms with van der Waals surface area (Å²) in [6.07, 6.45) is 2.57. The van der Waals surface area contributed by atoms with Gasteiger partial charge in [0.15, 0.2) is 0 Å². The number of piperidine rings is 1. The molecule has 1 aliphatic rings. The fourth-order valence-electron chi connectivity index (χ4n) is 2.09. The molecule has 0 spiro atoms. The number of methoxy groups -OCH3 is 1. The smallest absolute Gasteiger partial charge is 0.136 e. The van der Waals surface area contributed by atoms with Crippen LogP contribution in [0.3, 0.4) is 0 Å². The fourth-order valence-corrected chi connectivity index (χ4v) is 2.09. The molecule has 1 aromatic carbocycles. The summed E-state index contributed by atoms with van der Waals surface area (Å²) in [4.78, 5) is 0. The molecule has 1 unspecified atom stereocenters. The van der Waals surface area contributed by atoms with Crippen molar-refractivity contribution in [1.29, 1.82) is 5.26 Å². The maximum Gasteiger partial charge on any atom is 0.136 e. The van der Waals surface area contributed by atoms with Crippen LogP contribution in [0.2, 0.25) is 0 Å². The van der Waals surface area contributed by atoms with E-state index in [9.17, 15) is 0 Å². The lowest BCUT2D eigenvalue weighted by atomic mass is 10.1. The molecule has 1 atom stereocenters. The van der Waals surface area contributed by atoms with E-state index in [-0.39, 0.29) is 0 Å². The van der Waals surface area contributed by atoms with Gasteiger partial charge in [-0.2, -0.15) is 5.26 Å². The first-order chi connectivity index (χ1) is 8.83. The van der Waals surface area contributed by atoms with Crippen molar-refractivity contribution < 1.29 is 9.47 Å². The Kier molecular flexibility index (Phi) is 4.57. The molecule has 4 heteroatoms. The summed E-state index contributed by atoms with van der Waals surface area (Å²) < 4.78 is 11.0. The Morgan fingerprint density at radius 1 is 1.50 bits per heavy atom. The van der Waals surface area contributed by atoms with Gasteiger partial charge >= 0.3 is 0 Å². The number of nitriles is 1. The predicted molar refractivity (Wildman–Crippen MR) is 68.4 cm³/mol. The Balaban J connectivity index is 1.95. The van der Waals surface area contributed by atoms with Crippen LogP contribution in [0.15, 0.2) is 18.2 Å². The SMILES string of the molecule is COc1cc(COC2CCCNC2)ccc1C#N. The molecule has 1 aliphatic heterocycles. The van der Waals surface area contributed by atoms with E-state index in [1.807, 2.05) is 12.1 Å². The topological polar surface area (TPSA) is 54.3 Å². The number of ether oxygens (including phenoxy) is 2. The Morgan fingerprint density at radius 3 is 3.06 bits per heavy atom. The number of hydrogen-bond acceptors (Lipinski definition) is 4. The zero-order chi connectivity index (χ0) is 12.8. The second-order valence-electron chi connectivity index (χ2n) is 4.43. The van der Waals surface area contributed by atoms with Gasteiger partial charge in [0.1, 0.15) is 11.8 Å². The number of nitrogens with one attached hydrogen (secondary N) is 1. The van der Waals surface area contributed by atoms with E-state index in [0.717, 1.165) is 25.1 Å². The van der Waals surface area contributed by atoms with E-state index >= 15 is 0 Å². The molecule has 1 fully saturated rings. The van der Waals surface area contributed by atoms with Crippen LogP contribution in [0.25, 0.3) is 0 Å². The fraction of sp³-hybridized carbons (Fsp3) is 0.500. The lowest BCUT2D eigenvalue weighted by Gasteiger charge is -2.23. The van der Waals surface area contributed by atoms with Gasteiger partial charge in [-0.25, -0.2) is 0 Å². The maximum atomic E-state index is 8.90. The van der Waals surface area contributed by atoms with Crippen LogP contribution >= 0.6 is 0 Å². The zero-order valence-corrected chi connectivity index (χ0v) is 10.6. The number of nitrogens with zero attached hydrogens (tertiary/aromatic N) is 1. The van der Waals surface area contributed by atoms with Gasteiger partial charge in [-0.1, -0.05) is 6.07 Å². The Bertz CT molecular complexity index is 434. The first kappa shape index (κ1) is 12.9. The zero-order valence-electron chi connectivity index (χ0n) is 10.6. The molecular weight excluding hydrogens is 228 g/mol. The summed E-state index contributed by atoms with van der Waals surface area (Å²) in [6.45, 7) is 2.58. The summed E-state index contributed by atoms with van der Waals surface area (Å²) in [7, 11) is 1.58. The van der Waals surface area contributed by atoms with Gasteiger partial charge < -0.3 is 14.8 Å². The van der Waals surface area contributed by atoms with Crippen molar-refractivity contribution in [3.8, 4) is 11.8 Å². The molecule has 18 heavy (non-hydrogen) atoms. The molecular formula is C14H18N2O2. The van der Waals surface area contributed by atoms with Gasteiger partial charge in [-0.05, 0) is 37.1 Å². The lowest BCUT2D eigenvalue weighted by Crippen LogP contribution is -2.35. The summed E-state index contributed by atoms with van der Waals surface area (Å²) in [6, 6.07) is 7.66. The molecule has 0 aromatic heterocycles.